The van der Waals surface area contributed by atoms with Crippen LogP contribution in [0.25, 0.3) is 0 Å². The molecule has 0 aromatic carbocycles. The highest BCUT2D eigenvalue weighted by atomic mass is 16.1. The van der Waals surface area contributed by atoms with Crippen LogP contribution >= 0.6 is 0 Å². The van der Waals surface area contributed by atoms with Crippen LogP contribution in [0.1, 0.15) is 84.5 Å². The number of Topliss-reactive ketones (excluding diaryl/α,β-unsaturated/α-hetero) is 1. The van der Waals surface area contributed by atoms with Crippen LogP contribution in [0, 0.1) is 0 Å². The molecule has 19 heavy (non-hydrogen) atoms. The van der Waals surface area contributed by atoms with Gasteiger partial charge in [-0.15, -0.1) is 0 Å². The lowest BCUT2D eigenvalue weighted by atomic mass is 9.86. The van der Waals surface area contributed by atoms with Gasteiger partial charge in [-0.25, -0.2) is 0 Å². The van der Waals surface area contributed by atoms with Gasteiger partial charge in [0.25, 0.3) is 0 Å². The first-order valence-electron chi connectivity index (χ1n) is 8.22. The standard InChI is InChI=1S/C18H30O/c1-3-5-7-9-12-16-13-11-15-18(19)17(16)14-10-8-6-4-2/h12,14H,3-11,13,15H2,1-2H3/b16-12-,17-14-. The van der Waals surface area contributed by atoms with Crippen LogP contribution < -0.4 is 0 Å². The van der Waals surface area contributed by atoms with E-state index in [2.05, 4.69) is 26.0 Å². The van der Waals surface area contributed by atoms with Crippen LogP contribution in [0.5, 0.6) is 0 Å². The first-order valence-corrected chi connectivity index (χ1v) is 8.22. The summed E-state index contributed by atoms with van der Waals surface area (Å²) in [5, 5.41) is 0. The molecule has 0 radical (unpaired) electrons. The molecule has 1 rings (SSSR count). The predicted molar refractivity (Wildman–Crippen MR) is 83.3 cm³/mol. The summed E-state index contributed by atoms with van der Waals surface area (Å²) in [4.78, 5) is 12.0. The fourth-order valence-corrected chi connectivity index (χ4v) is 2.66. The average Bonchev–Trinajstić information content (AvgIpc) is 2.42. The summed E-state index contributed by atoms with van der Waals surface area (Å²) in [6, 6.07) is 0. The Morgan fingerprint density at radius 2 is 1.53 bits per heavy atom. The number of rotatable bonds is 8. The quantitative estimate of drug-likeness (QED) is 0.402. The smallest absolute Gasteiger partial charge is 0.162 e. The summed E-state index contributed by atoms with van der Waals surface area (Å²) in [5.41, 5.74) is 2.39. The van der Waals surface area contributed by atoms with Crippen molar-refractivity contribution >= 4 is 5.78 Å². The number of hydrogen-bond donors (Lipinski definition) is 0. The second kappa shape index (κ2) is 10.00. The van der Waals surface area contributed by atoms with Crippen LogP contribution in [0.15, 0.2) is 23.3 Å². The van der Waals surface area contributed by atoms with Gasteiger partial charge in [0.05, 0.1) is 0 Å². The van der Waals surface area contributed by atoms with Crippen LogP contribution in [-0.2, 0) is 4.79 Å². The summed E-state index contributed by atoms with van der Waals surface area (Å²) < 4.78 is 0. The highest BCUT2D eigenvalue weighted by Crippen LogP contribution is 2.27. The van der Waals surface area contributed by atoms with Gasteiger partial charge in [0.1, 0.15) is 0 Å². The number of hydrogen-bond acceptors (Lipinski definition) is 1. The number of carbonyl (C=O) groups is 1. The van der Waals surface area contributed by atoms with Crippen molar-refractivity contribution in [1.82, 2.24) is 0 Å². The van der Waals surface area contributed by atoms with Crippen molar-refractivity contribution in [2.45, 2.75) is 84.5 Å². The van der Waals surface area contributed by atoms with E-state index >= 15 is 0 Å². The Morgan fingerprint density at radius 3 is 2.16 bits per heavy atom. The van der Waals surface area contributed by atoms with Crippen LogP contribution in [-0.4, -0.2) is 5.78 Å². The molecule has 0 aliphatic heterocycles. The average molecular weight is 262 g/mol. The highest BCUT2D eigenvalue weighted by molar-refractivity contribution is 6.00. The maximum Gasteiger partial charge on any atom is 0.162 e. The molecule has 0 aromatic heterocycles. The molecule has 108 valence electrons. The molecule has 1 aliphatic carbocycles. The van der Waals surface area contributed by atoms with Crippen molar-refractivity contribution in [2.75, 3.05) is 0 Å². The minimum Gasteiger partial charge on any atom is -0.294 e. The van der Waals surface area contributed by atoms with Gasteiger partial charge in [0.2, 0.25) is 0 Å². The Morgan fingerprint density at radius 1 is 0.895 bits per heavy atom. The molecular weight excluding hydrogens is 232 g/mol. The van der Waals surface area contributed by atoms with Gasteiger partial charge in [0.15, 0.2) is 5.78 Å². The topological polar surface area (TPSA) is 17.1 Å². The van der Waals surface area contributed by atoms with Crippen molar-refractivity contribution in [3.8, 4) is 0 Å². The number of allylic oxidation sites excluding steroid dienone is 4. The maximum absolute atomic E-state index is 12.0. The van der Waals surface area contributed by atoms with E-state index in [1.54, 1.807) is 0 Å². The lowest BCUT2D eigenvalue weighted by Crippen LogP contribution is -2.11. The number of carbonyl (C=O) groups excluding carboxylic acids is 1. The molecule has 0 saturated heterocycles. The van der Waals surface area contributed by atoms with Crippen molar-refractivity contribution in [2.24, 2.45) is 0 Å². The summed E-state index contributed by atoms with van der Waals surface area (Å²) in [7, 11) is 0. The largest absolute Gasteiger partial charge is 0.294 e. The van der Waals surface area contributed by atoms with E-state index in [1.165, 1.54) is 44.1 Å². The lowest BCUT2D eigenvalue weighted by molar-refractivity contribution is -0.115. The Labute approximate surface area is 119 Å². The van der Waals surface area contributed by atoms with Crippen molar-refractivity contribution < 1.29 is 4.79 Å². The second-order valence-electron chi connectivity index (χ2n) is 5.62. The van der Waals surface area contributed by atoms with Gasteiger partial charge in [-0.3, -0.25) is 4.79 Å². The molecule has 0 spiro atoms. The Kier molecular flexibility index (Phi) is 8.53. The zero-order valence-electron chi connectivity index (χ0n) is 12.8. The Bertz CT molecular complexity index is 323. The van der Waals surface area contributed by atoms with E-state index in [1.807, 2.05) is 0 Å². The monoisotopic (exact) mass is 262 g/mol. The zero-order chi connectivity index (χ0) is 13.9. The number of unbranched alkanes of at least 4 members (excludes halogenated alkanes) is 6. The van der Waals surface area contributed by atoms with E-state index < -0.39 is 0 Å². The third kappa shape index (κ3) is 6.22. The molecule has 0 bridgehead atoms. The molecule has 1 heteroatoms. The molecule has 0 heterocycles. The third-order valence-corrected chi connectivity index (χ3v) is 3.85. The molecular formula is C18H30O. The summed E-state index contributed by atoms with van der Waals surface area (Å²) in [6.45, 7) is 4.45. The highest BCUT2D eigenvalue weighted by Gasteiger charge is 2.18. The van der Waals surface area contributed by atoms with Crippen molar-refractivity contribution in [3.05, 3.63) is 23.3 Å². The van der Waals surface area contributed by atoms with Crippen LogP contribution in [0.4, 0.5) is 0 Å². The molecule has 0 N–H and O–H groups in total. The van der Waals surface area contributed by atoms with E-state index in [-0.39, 0.29) is 0 Å². The molecule has 0 unspecified atom stereocenters. The first-order chi connectivity index (χ1) is 9.29. The summed E-state index contributed by atoms with van der Waals surface area (Å²) in [5.74, 6) is 0.379. The van der Waals surface area contributed by atoms with E-state index in [0.29, 0.717) is 5.78 Å². The van der Waals surface area contributed by atoms with Gasteiger partial charge in [-0.05, 0) is 44.1 Å². The molecule has 0 amide bonds. The minimum atomic E-state index is 0.379. The van der Waals surface area contributed by atoms with Crippen molar-refractivity contribution in [1.29, 1.82) is 0 Å². The third-order valence-electron chi connectivity index (χ3n) is 3.85. The van der Waals surface area contributed by atoms with Gasteiger partial charge >= 0.3 is 0 Å². The molecule has 1 fully saturated rings. The fraction of sp³-hybridized carbons (Fsp3) is 0.722. The first kappa shape index (κ1) is 16.2. The lowest BCUT2D eigenvalue weighted by Gasteiger charge is -2.17. The summed E-state index contributed by atoms with van der Waals surface area (Å²) >= 11 is 0. The molecule has 1 aliphatic rings. The summed E-state index contributed by atoms with van der Waals surface area (Å²) in [6.07, 6.45) is 17.2. The van der Waals surface area contributed by atoms with E-state index in [0.717, 1.165) is 37.7 Å². The normalized spacial score (nSPS) is 20.4. The Hall–Kier alpha value is -0.850. The second-order valence-corrected chi connectivity index (χ2v) is 5.62. The van der Waals surface area contributed by atoms with Gasteiger partial charge < -0.3 is 0 Å². The fourth-order valence-electron chi connectivity index (χ4n) is 2.66. The van der Waals surface area contributed by atoms with Gasteiger partial charge in [-0.2, -0.15) is 0 Å². The predicted octanol–water partition coefficient (Wildman–Crippen LogP) is 5.75. The van der Waals surface area contributed by atoms with E-state index in [4.69, 9.17) is 0 Å². The maximum atomic E-state index is 12.0. The minimum absolute atomic E-state index is 0.379. The Balaban J connectivity index is 2.56. The molecule has 0 atom stereocenters. The van der Waals surface area contributed by atoms with Crippen LogP contribution in [0.3, 0.4) is 0 Å². The van der Waals surface area contributed by atoms with Crippen molar-refractivity contribution in [3.63, 3.8) is 0 Å². The van der Waals surface area contributed by atoms with E-state index in [9.17, 15) is 4.79 Å². The van der Waals surface area contributed by atoms with Gasteiger partial charge in [0, 0.05) is 12.0 Å². The van der Waals surface area contributed by atoms with Gasteiger partial charge in [-0.1, -0.05) is 51.7 Å². The SMILES string of the molecule is CCCCC/C=C1/CCCC(=O)/C1=C\CCCCC. The molecule has 0 aromatic rings. The zero-order valence-corrected chi connectivity index (χ0v) is 12.8. The number of ketones is 1. The molecule has 1 nitrogen and oxygen atoms in total. The van der Waals surface area contributed by atoms with Crippen LogP contribution in [0.2, 0.25) is 0 Å². The molecule has 1 saturated carbocycles.